The van der Waals surface area contributed by atoms with Crippen LogP contribution in [-0.2, 0) is 17.4 Å². The fraction of sp³-hybridized carbons (Fsp3) is 0.259. The Balaban J connectivity index is 0.000000837. The Morgan fingerprint density at radius 1 is 1.16 bits per heavy atom. The molecule has 2 aromatic rings. The monoisotopic (exact) mass is 466 g/mol. The second kappa shape index (κ2) is 13.0. The number of allylic oxidation sites excluding steroid dienone is 5. The fourth-order valence-corrected chi connectivity index (χ4v) is 4.08. The lowest BCUT2D eigenvalue weighted by Gasteiger charge is -2.17. The molecule has 1 atom stereocenters. The van der Waals surface area contributed by atoms with Crippen molar-refractivity contribution in [2.45, 2.75) is 33.6 Å². The van der Waals surface area contributed by atoms with Gasteiger partial charge in [-0.15, -0.1) is 23.4 Å². The van der Waals surface area contributed by atoms with Gasteiger partial charge in [0, 0.05) is 34.7 Å². The number of aryl methyl sites for hydroxylation is 1. The molecule has 32 heavy (non-hydrogen) atoms. The molecule has 3 rings (SSSR count). The molecule has 0 saturated heterocycles. The van der Waals surface area contributed by atoms with Crippen molar-refractivity contribution in [3.05, 3.63) is 88.5 Å². The van der Waals surface area contributed by atoms with Gasteiger partial charge in [0.2, 0.25) is 0 Å². The topological polar surface area (TPSA) is 55.1 Å². The molecule has 0 spiro atoms. The molecule has 0 bridgehead atoms. The first-order valence-electron chi connectivity index (χ1n) is 10.5. The van der Waals surface area contributed by atoms with Crippen LogP contribution < -0.4 is 10.5 Å². The molecule has 0 amide bonds. The van der Waals surface area contributed by atoms with Crippen LogP contribution in [0.2, 0.25) is 0 Å². The van der Waals surface area contributed by atoms with Gasteiger partial charge in [-0.2, -0.15) is 0 Å². The zero-order chi connectivity index (χ0) is 23.5. The van der Waals surface area contributed by atoms with Gasteiger partial charge in [-0.3, -0.25) is 0 Å². The smallest absolute Gasteiger partial charge is 0.113 e. The summed E-state index contributed by atoms with van der Waals surface area (Å²) in [5.74, 6) is 5.81. The number of benzene rings is 2. The molecule has 0 aliphatic heterocycles. The molecule has 0 saturated carbocycles. The van der Waals surface area contributed by atoms with Crippen LogP contribution in [0.5, 0.6) is 0 Å². The summed E-state index contributed by atoms with van der Waals surface area (Å²) in [5.41, 5.74) is 15.0. The third-order valence-corrected chi connectivity index (χ3v) is 5.81. The average molecular weight is 467 g/mol. The summed E-state index contributed by atoms with van der Waals surface area (Å²) in [4.78, 5) is 0. The van der Waals surface area contributed by atoms with E-state index in [2.05, 4.69) is 47.8 Å². The maximum absolute atomic E-state index is 11.5. The highest BCUT2D eigenvalue weighted by Crippen LogP contribution is 2.38. The number of hydrogen-bond donors (Lipinski definition) is 2. The third-order valence-electron chi connectivity index (χ3n) is 5.11. The largest absolute Gasteiger partial charge is 0.398 e. The predicted molar refractivity (Wildman–Crippen MR) is 142 cm³/mol. The van der Waals surface area contributed by atoms with Crippen molar-refractivity contribution in [1.82, 2.24) is 0 Å². The molecular formula is C27H31ClN2OS. The molecule has 0 aromatic heterocycles. The SMILES string of the molecule is CC#CC.CC1=C(/C=C\CCl)/C(=C(/N)c2cccc(NS(C)=O)c2)c2ccccc2CC1. The van der Waals surface area contributed by atoms with Gasteiger partial charge in [0.05, 0.1) is 0 Å². The Kier molecular flexibility index (Phi) is 10.3. The number of nitrogens with one attached hydrogen (secondary N) is 1. The average Bonchev–Trinajstić information content (AvgIpc) is 2.93. The number of anilines is 1. The number of hydrogen-bond acceptors (Lipinski definition) is 2. The maximum Gasteiger partial charge on any atom is 0.113 e. The van der Waals surface area contributed by atoms with Gasteiger partial charge in [-0.1, -0.05) is 54.1 Å². The van der Waals surface area contributed by atoms with Crippen LogP contribution >= 0.6 is 11.6 Å². The van der Waals surface area contributed by atoms with E-state index < -0.39 is 11.0 Å². The summed E-state index contributed by atoms with van der Waals surface area (Å²) in [7, 11) is -1.14. The number of nitrogens with two attached hydrogens (primary N) is 1. The quantitative estimate of drug-likeness (QED) is 0.401. The van der Waals surface area contributed by atoms with Gasteiger partial charge in [0.15, 0.2) is 0 Å². The van der Waals surface area contributed by atoms with Crippen molar-refractivity contribution in [3.63, 3.8) is 0 Å². The minimum absolute atomic E-state index is 0.452. The first kappa shape index (κ1) is 25.5. The Morgan fingerprint density at radius 3 is 2.53 bits per heavy atom. The van der Waals surface area contributed by atoms with Crippen molar-refractivity contribution in [3.8, 4) is 11.8 Å². The molecule has 3 N–H and O–H groups in total. The van der Waals surface area contributed by atoms with Gasteiger partial charge in [0.1, 0.15) is 11.0 Å². The molecule has 0 fully saturated rings. The van der Waals surface area contributed by atoms with Gasteiger partial charge >= 0.3 is 0 Å². The molecule has 0 heterocycles. The highest BCUT2D eigenvalue weighted by molar-refractivity contribution is 7.85. The van der Waals surface area contributed by atoms with Crippen LogP contribution in [0.1, 0.15) is 43.9 Å². The van der Waals surface area contributed by atoms with Gasteiger partial charge in [0.25, 0.3) is 0 Å². The summed E-state index contributed by atoms with van der Waals surface area (Å²) in [6, 6.07) is 16.2. The normalized spacial score (nSPS) is 15.5. The maximum atomic E-state index is 11.5. The molecule has 168 valence electrons. The number of rotatable bonds is 5. The van der Waals surface area contributed by atoms with E-state index >= 15 is 0 Å². The lowest BCUT2D eigenvalue weighted by atomic mass is 9.90. The van der Waals surface area contributed by atoms with Crippen LogP contribution in [0.25, 0.3) is 11.3 Å². The third kappa shape index (κ3) is 6.88. The summed E-state index contributed by atoms with van der Waals surface area (Å²) < 4.78 is 14.5. The van der Waals surface area contributed by atoms with E-state index in [9.17, 15) is 4.21 Å². The summed E-state index contributed by atoms with van der Waals surface area (Å²) in [6.45, 7) is 5.80. The van der Waals surface area contributed by atoms with Crippen LogP contribution in [0.4, 0.5) is 5.69 Å². The number of halogens is 1. The first-order valence-corrected chi connectivity index (χ1v) is 12.6. The molecule has 1 aliphatic rings. The lowest BCUT2D eigenvalue weighted by molar-refractivity contribution is 0.690. The minimum atomic E-state index is -1.14. The second-order valence-electron chi connectivity index (χ2n) is 7.33. The zero-order valence-corrected chi connectivity index (χ0v) is 20.7. The molecule has 5 heteroatoms. The van der Waals surface area contributed by atoms with Gasteiger partial charge in [-0.25, -0.2) is 4.21 Å². The molecule has 0 radical (unpaired) electrons. The van der Waals surface area contributed by atoms with Crippen molar-refractivity contribution in [2.75, 3.05) is 16.9 Å². The van der Waals surface area contributed by atoms with Crippen LogP contribution in [-0.4, -0.2) is 16.3 Å². The minimum Gasteiger partial charge on any atom is -0.398 e. The summed E-state index contributed by atoms with van der Waals surface area (Å²) in [6.07, 6.45) is 7.60. The van der Waals surface area contributed by atoms with E-state index in [4.69, 9.17) is 17.3 Å². The van der Waals surface area contributed by atoms with E-state index in [1.807, 2.05) is 50.3 Å². The summed E-state index contributed by atoms with van der Waals surface area (Å²) in [5, 5.41) is 0. The lowest BCUT2D eigenvalue weighted by Crippen LogP contribution is -2.06. The van der Waals surface area contributed by atoms with Gasteiger partial charge < -0.3 is 10.5 Å². The van der Waals surface area contributed by atoms with E-state index in [0.29, 0.717) is 11.6 Å². The van der Waals surface area contributed by atoms with Crippen molar-refractivity contribution in [2.24, 2.45) is 5.73 Å². The Labute approximate surface area is 200 Å². The summed E-state index contributed by atoms with van der Waals surface area (Å²) >= 11 is 5.93. The predicted octanol–water partition coefficient (Wildman–Crippen LogP) is 6.31. The van der Waals surface area contributed by atoms with Crippen LogP contribution in [0, 0.1) is 11.8 Å². The van der Waals surface area contributed by atoms with E-state index in [0.717, 1.165) is 40.8 Å². The van der Waals surface area contributed by atoms with Crippen molar-refractivity contribution < 1.29 is 4.21 Å². The highest BCUT2D eigenvalue weighted by Gasteiger charge is 2.20. The Hall–Kier alpha value is -2.74. The van der Waals surface area contributed by atoms with Crippen LogP contribution in [0.15, 0.2) is 71.8 Å². The molecule has 1 aliphatic carbocycles. The Morgan fingerprint density at radius 2 is 1.88 bits per heavy atom. The number of alkyl halides is 1. The van der Waals surface area contributed by atoms with Crippen LogP contribution in [0.3, 0.4) is 0 Å². The second-order valence-corrected chi connectivity index (χ2v) is 8.75. The first-order chi connectivity index (χ1) is 15.4. The van der Waals surface area contributed by atoms with E-state index in [-0.39, 0.29) is 0 Å². The molecule has 3 nitrogen and oxygen atoms in total. The fourth-order valence-electron chi connectivity index (χ4n) is 3.54. The molecular weight excluding hydrogens is 436 g/mol. The van der Waals surface area contributed by atoms with Crippen molar-refractivity contribution >= 4 is 39.5 Å². The Bertz CT molecular complexity index is 1110. The number of fused-ring (bicyclic) bond motifs is 1. The standard InChI is InChI=1S/C23H25ClN2OS.C4H6/c1-16-12-13-17-7-3-4-10-21(17)22(20(16)11-6-14-24)23(25)18-8-5-9-19(15-18)26-28(2)27;1-3-4-2/h3-11,15,26H,12-14,25H2,1-2H3;1-2H3/b11-6-,23-22-;. The molecule has 1 unspecified atom stereocenters. The highest BCUT2D eigenvalue weighted by atomic mass is 35.5. The molecule has 2 aromatic carbocycles. The van der Waals surface area contributed by atoms with E-state index in [1.165, 1.54) is 11.1 Å². The zero-order valence-electron chi connectivity index (χ0n) is 19.2. The van der Waals surface area contributed by atoms with Gasteiger partial charge in [-0.05, 0) is 62.4 Å². The van der Waals surface area contributed by atoms with Crippen molar-refractivity contribution in [1.29, 1.82) is 0 Å². The van der Waals surface area contributed by atoms with E-state index in [1.54, 1.807) is 6.26 Å².